The third-order valence-electron chi connectivity index (χ3n) is 6.65. The Morgan fingerprint density at radius 2 is 1.97 bits per heavy atom. The van der Waals surface area contributed by atoms with Crippen LogP contribution in [0.2, 0.25) is 0 Å². The summed E-state index contributed by atoms with van der Waals surface area (Å²) >= 11 is 0. The van der Waals surface area contributed by atoms with Crippen LogP contribution in [-0.2, 0) is 4.79 Å². The number of anilines is 1. The molecule has 2 saturated heterocycles. The van der Waals surface area contributed by atoms with Crippen molar-refractivity contribution in [3.8, 4) is 17.1 Å². The summed E-state index contributed by atoms with van der Waals surface area (Å²) in [5.74, 6) is 2.27. The summed E-state index contributed by atoms with van der Waals surface area (Å²) < 4.78 is 10.7. The lowest BCUT2D eigenvalue weighted by Crippen LogP contribution is -2.44. The number of likely N-dealkylation sites (tertiary alicyclic amines) is 1. The average Bonchev–Trinajstić information content (AvgIpc) is 3.33. The molecule has 0 saturated carbocycles. The highest BCUT2D eigenvalue weighted by molar-refractivity contribution is 5.79. The van der Waals surface area contributed by atoms with Crippen LogP contribution in [0.4, 0.5) is 6.01 Å². The summed E-state index contributed by atoms with van der Waals surface area (Å²) in [6, 6.07) is 8.04. The van der Waals surface area contributed by atoms with E-state index in [1.165, 1.54) is 25.9 Å². The number of ether oxygens (including phenoxy) is 1. The second-order valence-corrected chi connectivity index (χ2v) is 9.08. The molecule has 2 aliphatic rings. The van der Waals surface area contributed by atoms with Crippen molar-refractivity contribution in [1.29, 1.82) is 0 Å². The van der Waals surface area contributed by atoms with Crippen LogP contribution in [-0.4, -0.2) is 67.3 Å². The van der Waals surface area contributed by atoms with Gasteiger partial charge in [-0.05, 0) is 81.9 Å². The normalized spacial score (nSPS) is 20.3. The van der Waals surface area contributed by atoms with E-state index in [4.69, 9.17) is 9.26 Å². The number of nitrogens with one attached hydrogen (secondary N) is 1. The number of methoxy groups -OCH3 is 1. The van der Waals surface area contributed by atoms with E-state index in [2.05, 4.69) is 27.3 Å². The van der Waals surface area contributed by atoms with Gasteiger partial charge in [0.25, 0.3) is 0 Å². The van der Waals surface area contributed by atoms with Crippen LogP contribution in [0.5, 0.6) is 5.75 Å². The van der Waals surface area contributed by atoms with Crippen LogP contribution in [0.3, 0.4) is 0 Å². The minimum atomic E-state index is -0.0454. The van der Waals surface area contributed by atoms with Crippen molar-refractivity contribution in [3.05, 3.63) is 24.3 Å². The molecule has 8 heteroatoms. The Kier molecular flexibility index (Phi) is 7.63. The molecule has 3 heterocycles. The molecule has 2 aliphatic heterocycles. The molecule has 0 aliphatic carbocycles. The number of aromatic nitrogens is 2. The van der Waals surface area contributed by atoms with Crippen molar-refractivity contribution in [1.82, 2.24) is 20.4 Å². The maximum absolute atomic E-state index is 12.7. The van der Waals surface area contributed by atoms with Crippen molar-refractivity contribution >= 4 is 11.9 Å². The molecule has 0 radical (unpaired) electrons. The second kappa shape index (κ2) is 10.8. The molecule has 8 nitrogen and oxygen atoms in total. The average molecular weight is 442 g/mol. The molecular formula is C24H35N5O3. The largest absolute Gasteiger partial charge is 0.497 e. The van der Waals surface area contributed by atoms with E-state index in [9.17, 15) is 4.79 Å². The molecule has 32 heavy (non-hydrogen) atoms. The van der Waals surface area contributed by atoms with Gasteiger partial charge in [0, 0.05) is 25.2 Å². The number of carbonyl (C=O) groups is 1. The molecule has 0 bridgehead atoms. The van der Waals surface area contributed by atoms with Crippen LogP contribution >= 0.6 is 0 Å². The highest BCUT2D eigenvalue weighted by Crippen LogP contribution is 2.26. The zero-order valence-electron chi connectivity index (χ0n) is 19.3. The van der Waals surface area contributed by atoms with Gasteiger partial charge < -0.3 is 24.4 Å². The lowest BCUT2D eigenvalue weighted by Gasteiger charge is -2.31. The SMILES string of the molecule is COc1ccc(-c2noc(N3CCCC(C(=O)NCCCN4CCC(C)CC4)C3)n2)cc1. The van der Waals surface area contributed by atoms with Crippen molar-refractivity contribution in [2.75, 3.05) is 51.3 Å². The van der Waals surface area contributed by atoms with Gasteiger partial charge in [0.2, 0.25) is 11.7 Å². The van der Waals surface area contributed by atoms with E-state index in [0.717, 1.165) is 56.1 Å². The van der Waals surface area contributed by atoms with Gasteiger partial charge in [0.1, 0.15) is 5.75 Å². The number of nitrogens with zero attached hydrogens (tertiary/aromatic N) is 4. The van der Waals surface area contributed by atoms with Crippen molar-refractivity contribution < 1.29 is 14.1 Å². The predicted molar refractivity (Wildman–Crippen MR) is 124 cm³/mol. The zero-order chi connectivity index (χ0) is 22.3. The van der Waals surface area contributed by atoms with Gasteiger partial charge in [-0.3, -0.25) is 4.79 Å². The fraction of sp³-hybridized carbons (Fsp3) is 0.625. The Labute approximate surface area is 190 Å². The standard InChI is InChI=1S/C24H35N5O3/c1-18-10-15-28(16-11-18)13-4-12-25-23(30)20-5-3-14-29(17-20)24-26-22(27-32-24)19-6-8-21(31-2)9-7-19/h6-9,18,20H,3-5,10-17H2,1-2H3,(H,25,30). The van der Waals surface area contributed by atoms with Gasteiger partial charge >= 0.3 is 6.01 Å². The lowest BCUT2D eigenvalue weighted by molar-refractivity contribution is -0.125. The van der Waals surface area contributed by atoms with E-state index < -0.39 is 0 Å². The Morgan fingerprint density at radius 3 is 2.72 bits per heavy atom. The van der Waals surface area contributed by atoms with E-state index in [-0.39, 0.29) is 11.8 Å². The fourth-order valence-electron chi connectivity index (χ4n) is 4.51. The van der Waals surface area contributed by atoms with E-state index in [1.807, 2.05) is 29.2 Å². The first-order valence-electron chi connectivity index (χ1n) is 11.9. The number of carbonyl (C=O) groups excluding carboxylic acids is 1. The number of benzene rings is 1. The smallest absolute Gasteiger partial charge is 0.324 e. The van der Waals surface area contributed by atoms with Crippen LogP contribution < -0.4 is 15.0 Å². The minimum Gasteiger partial charge on any atom is -0.497 e. The van der Waals surface area contributed by atoms with E-state index in [0.29, 0.717) is 18.4 Å². The molecular weight excluding hydrogens is 406 g/mol. The monoisotopic (exact) mass is 441 g/mol. The van der Waals surface area contributed by atoms with Gasteiger partial charge in [-0.25, -0.2) is 0 Å². The Morgan fingerprint density at radius 1 is 1.19 bits per heavy atom. The maximum atomic E-state index is 12.7. The molecule has 1 unspecified atom stereocenters. The number of piperidine rings is 2. The molecule has 1 aromatic carbocycles. The third kappa shape index (κ3) is 5.79. The Bertz CT molecular complexity index is 861. The molecule has 2 fully saturated rings. The van der Waals surface area contributed by atoms with Gasteiger partial charge in [0.05, 0.1) is 13.0 Å². The van der Waals surface area contributed by atoms with Crippen LogP contribution in [0.15, 0.2) is 28.8 Å². The summed E-state index contributed by atoms with van der Waals surface area (Å²) in [6.07, 6.45) is 5.42. The molecule has 174 valence electrons. The van der Waals surface area contributed by atoms with Crippen molar-refractivity contribution in [3.63, 3.8) is 0 Å². The maximum Gasteiger partial charge on any atom is 0.324 e. The first kappa shape index (κ1) is 22.6. The molecule has 4 rings (SSSR count). The number of hydrogen-bond acceptors (Lipinski definition) is 7. The summed E-state index contributed by atoms with van der Waals surface area (Å²) in [4.78, 5) is 21.8. The second-order valence-electron chi connectivity index (χ2n) is 9.08. The summed E-state index contributed by atoms with van der Waals surface area (Å²) in [6.45, 7) is 7.95. The highest BCUT2D eigenvalue weighted by Gasteiger charge is 2.28. The number of hydrogen-bond donors (Lipinski definition) is 1. The Hall–Kier alpha value is -2.61. The van der Waals surface area contributed by atoms with E-state index in [1.54, 1.807) is 7.11 Å². The van der Waals surface area contributed by atoms with Gasteiger partial charge in [0.15, 0.2) is 0 Å². The van der Waals surface area contributed by atoms with Gasteiger partial charge in [-0.1, -0.05) is 12.1 Å². The molecule has 1 aromatic heterocycles. The van der Waals surface area contributed by atoms with Gasteiger partial charge in [-0.15, -0.1) is 0 Å². The minimum absolute atomic E-state index is 0.0454. The molecule has 0 spiro atoms. The fourth-order valence-corrected chi connectivity index (χ4v) is 4.51. The first-order chi connectivity index (χ1) is 15.6. The summed E-state index contributed by atoms with van der Waals surface area (Å²) in [5.41, 5.74) is 0.871. The molecule has 1 atom stereocenters. The van der Waals surface area contributed by atoms with Crippen molar-refractivity contribution in [2.24, 2.45) is 11.8 Å². The molecule has 1 amide bonds. The summed E-state index contributed by atoms with van der Waals surface area (Å²) in [7, 11) is 1.64. The third-order valence-corrected chi connectivity index (χ3v) is 6.65. The Balaban J connectivity index is 1.24. The molecule has 2 aromatic rings. The number of rotatable bonds is 8. The first-order valence-corrected chi connectivity index (χ1v) is 11.9. The van der Waals surface area contributed by atoms with Crippen LogP contribution in [0.25, 0.3) is 11.4 Å². The summed E-state index contributed by atoms with van der Waals surface area (Å²) in [5, 5.41) is 7.27. The van der Waals surface area contributed by atoms with Crippen LogP contribution in [0, 0.1) is 11.8 Å². The molecule has 1 N–H and O–H groups in total. The number of amides is 1. The highest BCUT2D eigenvalue weighted by atomic mass is 16.5. The van der Waals surface area contributed by atoms with E-state index >= 15 is 0 Å². The zero-order valence-corrected chi connectivity index (χ0v) is 19.3. The quantitative estimate of drug-likeness (QED) is 0.630. The van der Waals surface area contributed by atoms with Crippen molar-refractivity contribution in [2.45, 2.75) is 39.0 Å². The van der Waals surface area contributed by atoms with Gasteiger partial charge in [-0.2, -0.15) is 4.98 Å². The lowest BCUT2D eigenvalue weighted by atomic mass is 9.97. The van der Waals surface area contributed by atoms with Crippen LogP contribution in [0.1, 0.15) is 39.0 Å². The predicted octanol–water partition coefficient (Wildman–Crippen LogP) is 3.20. The topological polar surface area (TPSA) is 83.7 Å².